The first kappa shape index (κ1) is 16.8. The summed E-state index contributed by atoms with van der Waals surface area (Å²) in [6.07, 6.45) is 3.55. The van der Waals surface area contributed by atoms with Gasteiger partial charge in [-0.3, -0.25) is 14.6 Å². The molecule has 0 aliphatic carbocycles. The molecule has 0 unspecified atom stereocenters. The van der Waals surface area contributed by atoms with E-state index in [2.05, 4.69) is 9.97 Å². The van der Waals surface area contributed by atoms with E-state index in [1.54, 1.807) is 32.2 Å². The van der Waals surface area contributed by atoms with Crippen LogP contribution in [0.2, 0.25) is 0 Å². The van der Waals surface area contributed by atoms with Gasteiger partial charge >= 0.3 is 0 Å². The van der Waals surface area contributed by atoms with Gasteiger partial charge in [-0.1, -0.05) is 6.07 Å². The quantitative estimate of drug-likeness (QED) is 0.825. The van der Waals surface area contributed by atoms with Gasteiger partial charge in [-0.05, 0) is 37.8 Å². The van der Waals surface area contributed by atoms with Gasteiger partial charge in [0.15, 0.2) is 5.89 Å². The van der Waals surface area contributed by atoms with Crippen molar-refractivity contribution in [3.63, 3.8) is 0 Å². The van der Waals surface area contributed by atoms with Crippen molar-refractivity contribution in [1.29, 1.82) is 0 Å². The van der Waals surface area contributed by atoms with E-state index >= 15 is 0 Å². The highest BCUT2D eigenvalue weighted by molar-refractivity contribution is 5.94. The Morgan fingerprint density at radius 3 is 2.65 bits per heavy atom. The van der Waals surface area contributed by atoms with Crippen LogP contribution in [0.4, 0.5) is 0 Å². The fourth-order valence-corrected chi connectivity index (χ4v) is 4.01. The monoisotopic (exact) mass is 354 g/mol. The minimum atomic E-state index is -0.120. The molecular formula is C19H22N4O3. The van der Waals surface area contributed by atoms with Crippen molar-refractivity contribution in [3.8, 4) is 0 Å². The summed E-state index contributed by atoms with van der Waals surface area (Å²) in [5.74, 6) is 0.901. The summed E-state index contributed by atoms with van der Waals surface area (Å²) < 4.78 is 5.53. The summed E-state index contributed by atoms with van der Waals surface area (Å²) in [5.41, 5.74) is 1.07. The number of pyridine rings is 1. The van der Waals surface area contributed by atoms with E-state index in [9.17, 15) is 9.59 Å². The van der Waals surface area contributed by atoms with E-state index in [4.69, 9.17) is 4.42 Å². The largest absolute Gasteiger partial charge is 0.436 e. The number of carbonyl (C=O) groups excluding carboxylic acids is 2. The third-order valence-corrected chi connectivity index (χ3v) is 5.24. The lowest BCUT2D eigenvalue weighted by Crippen LogP contribution is -2.47. The lowest BCUT2D eigenvalue weighted by molar-refractivity contribution is 0.0542. The molecule has 2 aromatic rings. The third-order valence-electron chi connectivity index (χ3n) is 5.24. The fraction of sp³-hybridized carbons (Fsp3) is 0.474. The molecule has 3 saturated heterocycles. The molecule has 136 valence electrons. The fourth-order valence-electron chi connectivity index (χ4n) is 4.01. The number of amides is 2. The van der Waals surface area contributed by atoms with Crippen molar-refractivity contribution in [3.05, 3.63) is 47.4 Å². The van der Waals surface area contributed by atoms with Crippen molar-refractivity contribution in [2.24, 2.45) is 5.92 Å². The number of fused-ring (bicyclic) bond motifs is 4. The molecule has 0 aromatic carbocycles. The Hall–Kier alpha value is -2.70. The van der Waals surface area contributed by atoms with E-state index in [1.165, 1.54) is 0 Å². The van der Waals surface area contributed by atoms with Crippen LogP contribution in [-0.4, -0.2) is 57.3 Å². The molecule has 7 nitrogen and oxygen atoms in total. The first-order valence-corrected chi connectivity index (χ1v) is 8.98. The molecule has 7 heteroatoms. The van der Waals surface area contributed by atoms with Crippen LogP contribution in [0.25, 0.3) is 0 Å². The second-order valence-electron chi connectivity index (χ2n) is 7.13. The van der Waals surface area contributed by atoms with Gasteiger partial charge in [0.05, 0.1) is 5.69 Å². The van der Waals surface area contributed by atoms with Gasteiger partial charge < -0.3 is 14.2 Å². The van der Waals surface area contributed by atoms with Gasteiger partial charge in [0.1, 0.15) is 5.69 Å². The number of hydrogen-bond acceptors (Lipinski definition) is 5. The Kier molecular flexibility index (Phi) is 4.22. The van der Waals surface area contributed by atoms with Crippen molar-refractivity contribution in [1.82, 2.24) is 19.8 Å². The van der Waals surface area contributed by atoms with E-state index in [-0.39, 0.29) is 23.8 Å². The summed E-state index contributed by atoms with van der Waals surface area (Å²) in [6.45, 7) is 5.37. The predicted octanol–water partition coefficient (Wildman–Crippen LogP) is 2.06. The number of hydrogen-bond donors (Lipinski definition) is 0. The average molecular weight is 354 g/mol. The topological polar surface area (TPSA) is 79.5 Å². The Labute approximate surface area is 152 Å². The molecular weight excluding hydrogens is 332 g/mol. The molecule has 2 bridgehead atoms. The van der Waals surface area contributed by atoms with Crippen LogP contribution in [0.15, 0.2) is 28.8 Å². The Morgan fingerprint density at radius 2 is 1.96 bits per heavy atom. The number of oxazole rings is 1. The SMILES string of the molecule is Cc1nc(C)c(C(=O)N2C[C@H]3CC[C@@H]2CN(C(=O)c2ccccn2)C3)o1. The predicted molar refractivity (Wildman–Crippen MR) is 93.7 cm³/mol. The van der Waals surface area contributed by atoms with Gasteiger partial charge in [0.25, 0.3) is 11.8 Å². The molecule has 0 radical (unpaired) electrons. The zero-order valence-electron chi connectivity index (χ0n) is 15.0. The van der Waals surface area contributed by atoms with Crippen LogP contribution in [0.1, 0.15) is 45.5 Å². The maximum Gasteiger partial charge on any atom is 0.291 e. The van der Waals surface area contributed by atoms with Gasteiger partial charge in [-0.2, -0.15) is 0 Å². The zero-order chi connectivity index (χ0) is 18.3. The first-order valence-electron chi connectivity index (χ1n) is 8.98. The summed E-state index contributed by atoms with van der Waals surface area (Å²) in [5, 5.41) is 0. The Bertz CT molecular complexity index is 833. The number of carbonyl (C=O) groups is 2. The van der Waals surface area contributed by atoms with Crippen molar-refractivity contribution < 1.29 is 14.0 Å². The first-order chi connectivity index (χ1) is 12.5. The number of aryl methyl sites for hydroxylation is 2. The highest BCUT2D eigenvalue weighted by Crippen LogP contribution is 2.30. The van der Waals surface area contributed by atoms with E-state index < -0.39 is 0 Å². The molecule has 5 heterocycles. The standard InChI is InChI=1S/C19H22N4O3/c1-12-17(26-13(2)21-12)19(25)23-10-14-6-7-15(23)11-22(9-14)18(24)16-5-3-4-8-20-16/h3-5,8,14-15H,6-7,9-11H2,1-2H3/t14-,15+/m0/s1. The van der Waals surface area contributed by atoms with Crippen molar-refractivity contribution in [2.75, 3.05) is 19.6 Å². The van der Waals surface area contributed by atoms with Gasteiger partial charge in [0.2, 0.25) is 5.76 Å². The van der Waals surface area contributed by atoms with E-state index in [0.29, 0.717) is 42.7 Å². The molecule has 0 N–H and O–H groups in total. The summed E-state index contributed by atoms with van der Waals surface area (Å²) in [7, 11) is 0. The van der Waals surface area contributed by atoms with Crippen LogP contribution in [-0.2, 0) is 0 Å². The van der Waals surface area contributed by atoms with Crippen molar-refractivity contribution in [2.45, 2.75) is 32.7 Å². The van der Waals surface area contributed by atoms with Gasteiger partial charge in [0, 0.05) is 38.8 Å². The van der Waals surface area contributed by atoms with Crippen LogP contribution < -0.4 is 0 Å². The second kappa shape index (κ2) is 6.55. The number of aromatic nitrogens is 2. The zero-order valence-corrected chi connectivity index (χ0v) is 15.0. The maximum atomic E-state index is 13.0. The lowest BCUT2D eigenvalue weighted by Gasteiger charge is -2.35. The van der Waals surface area contributed by atoms with Gasteiger partial charge in [-0.25, -0.2) is 4.98 Å². The molecule has 3 aliphatic rings. The third kappa shape index (κ3) is 2.98. The molecule has 2 amide bonds. The molecule has 3 aliphatic heterocycles. The summed E-state index contributed by atoms with van der Waals surface area (Å²) in [4.78, 5) is 37.9. The van der Waals surface area contributed by atoms with Crippen LogP contribution in [0, 0.1) is 19.8 Å². The van der Waals surface area contributed by atoms with Crippen LogP contribution in [0.3, 0.4) is 0 Å². The molecule has 2 aromatic heterocycles. The van der Waals surface area contributed by atoms with Crippen LogP contribution >= 0.6 is 0 Å². The van der Waals surface area contributed by atoms with E-state index in [1.807, 2.05) is 15.9 Å². The number of nitrogens with zero attached hydrogens (tertiary/aromatic N) is 4. The van der Waals surface area contributed by atoms with E-state index in [0.717, 1.165) is 12.8 Å². The minimum Gasteiger partial charge on any atom is -0.436 e. The minimum absolute atomic E-state index is 0.00119. The smallest absolute Gasteiger partial charge is 0.291 e. The molecule has 0 saturated carbocycles. The maximum absolute atomic E-state index is 13.0. The molecule has 26 heavy (non-hydrogen) atoms. The number of rotatable bonds is 2. The van der Waals surface area contributed by atoms with Gasteiger partial charge in [-0.15, -0.1) is 0 Å². The second-order valence-corrected chi connectivity index (χ2v) is 7.13. The normalized spacial score (nSPS) is 22.4. The average Bonchev–Trinajstić information content (AvgIpc) is 2.82. The van der Waals surface area contributed by atoms with Crippen LogP contribution in [0.5, 0.6) is 0 Å². The molecule has 2 atom stereocenters. The highest BCUT2D eigenvalue weighted by Gasteiger charge is 2.40. The Balaban J connectivity index is 1.56. The Morgan fingerprint density at radius 1 is 1.12 bits per heavy atom. The lowest BCUT2D eigenvalue weighted by atomic mass is 9.94. The van der Waals surface area contributed by atoms with Crippen molar-refractivity contribution >= 4 is 11.8 Å². The molecule has 0 spiro atoms. The molecule has 3 fully saturated rings. The number of piperidine rings is 1. The summed E-state index contributed by atoms with van der Waals surface area (Å²) >= 11 is 0. The highest BCUT2D eigenvalue weighted by atomic mass is 16.4. The molecule has 5 rings (SSSR count). The summed E-state index contributed by atoms with van der Waals surface area (Å²) in [6, 6.07) is 5.35.